The lowest BCUT2D eigenvalue weighted by Crippen LogP contribution is -2.10. The predicted molar refractivity (Wildman–Crippen MR) is 76.0 cm³/mol. The smallest absolute Gasteiger partial charge is 0.337 e. The molecule has 1 amide bonds. The van der Waals surface area contributed by atoms with Gasteiger partial charge in [0.25, 0.3) is 5.91 Å². The summed E-state index contributed by atoms with van der Waals surface area (Å²) in [7, 11) is 0. The lowest BCUT2D eigenvalue weighted by atomic mass is 9.95. The van der Waals surface area contributed by atoms with E-state index in [1.807, 2.05) is 0 Å². The summed E-state index contributed by atoms with van der Waals surface area (Å²) in [5, 5.41) is 12.2. The van der Waals surface area contributed by atoms with E-state index < -0.39 is 5.97 Å². The Morgan fingerprint density at radius 2 is 1.60 bits per heavy atom. The van der Waals surface area contributed by atoms with E-state index in [4.69, 9.17) is 0 Å². The van der Waals surface area contributed by atoms with Gasteiger partial charge in [-0.15, -0.1) is 0 Å². The summed E-state index contributed by atoms with van der Waals surface area (Å²) in [5.41, 5.74) is 2.01. The first-order chi connectivity index (χ1) is 9.68. The van der Waals surface area contributed by atoms with E-state index in [1.54, 1.807) is 54.6 Å². The van der Waals surface area contributed by atoms with Crippen molar-refractivity contribution in [2.75, 3.05) is 5.32 Å². The van der Waals surface area contributed by atoms with Gasteiger partial charge < -0.3 is 10.4 Å². The Kier molecular flexibility index (Phi) is 2.84. The van der Waals surface area contributed by atoms with Crippen LogP contribution < -0.4 is 5.32 Å². The number of hydrogen-bond donors (Lipinski definition) is 2. The Labute approximate surface area is 115 Å². The molecule has 1 heterocycles. The van der Waals surface area contributed by atoms with Crippen molar-refractivity contribution in [1.29, 1.82) is 0 Å². The second-order valence-corrected chi connectivity index (χ2v) is 4.42. The zero-order valence-electron chi connectivity index (χ0n) is 10.5. The zero-order valence-corrected chi connectivity index (χ0v) is 10.5. The largest absolute Gasteiger partial charge is 0.478 e. The first kappa shape index (κ1) is 12.2. The minimum Gasteiger partial charge on any atom is -0.478 e. The molecule has 4 heteroatoms. The molecule has 0 aliphatic carbocycles. The van der Waals surface area contributed by atoms with Crippen molar-refractivity contribution in [1.82, 2.24) is 0 Å². The first-order valence-electron chi connectivity index (χ1n) is 6.12. The molecule has 3 rings (SSSR count). The molecule has 1 aliphatic heterocycles. The van der Waals surface area contributed by atoms with Crippen LogP contribution in [0.4, 0.5) is 5.69 Å². The molecular weight excluding hydrogens is 254 g/mol. The second-order valence-electron chi connectivity index (χ2n) is 4.42. The number of hydrogen-bond acceptors (Lipinski definition) is 2. The maximum atomic E-state index is 12.1. The summed E-state index contributed by atoms with van der Waals surface area (Å²) >= 11 is 0. The Morgan fingerprint density at radius 1 is 0.950 bits per heavy atom. The fourth-order valence-corrected chi connectivity index (χ4v) is 2.35. The van der Waals surface area contributed by atoms with Crippen LogP contribution >= 0.6 is 0 Å². The highest BCUT2D eigenvalue weighted by Gasteiger charge is 2.30. The van der Waals surface area contributed by atoms with E-state index in [2.05, 4.69) is 5.32 Å². The highest BCUT2D eigenvalue weighted by Crippen LogP contribution is 2.36. The third kappa shape index (κ3) is 1.87. The molecule has 0 saturated carbocycles. The van der Waals surface area contributed by atoms with Crippen molar-refractivity contribution in [2.45, 2.75) is 0 Å². The lowest BCUT2D eigenvalue weighted by molar-refractivity contribution is -0.130. The van der Waals surface area contributed by atoms with Crippen LogP contribution in [0.25, 0.3) is 11.1 Å². The standard InChI is InChI=1S/C16H11NO3/c18-15-14(11-8-4-5-9-12(11)17-15)13(16(19)20)10-6-2-1-3-7-10/h1-9H,(H,17,18)(H,19,20)/b14-13+. The van der Waals surface area contributed by atoms with E-state index >= 15 is 0 Å². The van der Waals surface area contributed by atoms with Gasteiger partial charge in [-0.3, -0.25) is 4.79 Å². The van der Waals surface area contributed by atoms with E-state index in [9.17, 15) is 14.7 Å². The van der Waals surface area contributed by atoms with Gasteiger partial charge in [0, 0.05) is 11.3 Å². The number of amides is 1. The Hall–Kier alpha value is -2.88. The van der Waals surface area contributed by atoms with Gasteiger partial charge in [0.05, 0.1) is 11.1 Å². The number of nitrogens with one attached hydrogen (secondary N) is 1. The Morgan fingerprint density at radius 3 is 2.30 bits per heavy atom. The number of benzene rings is 2. The molecule has 0 fully saturated rings. The molecule has 4 nitrogen and oxygen atoms in total. The molecule has 2 N–H and O–H groups in total. The van der Waals surface area contributed by atoms with Crippen LogP contribution in [0.5, 0.6) is 0 Å². The van der Waals surface area contributed by atoms with Crippen molar-refractivity contribution in [2.24, 2.45) is 0 Å². The molecule has 0 aromatic heterocycles. The molecule has 0 radical (unpaired) electrons. The molecule has 0 saturated heterocycles. The molecule has 0 spiro atoms. The van der Waals surface area contributed by atoms with Crippen LogP contribution in [0.3, 0.4) is 0 Å². The minimum atomic E-state index is -1.11. The average molecular weight is 265 g/mol. The Bertz CT molecular complexity index is 732. The number of para-hydroxylation sites is 1. The summed E-state index contributed by atoms with van der Waals surface area (Å²) < 4.78 is 0. The van der Waals surface area contributed by atoms with Crippen LogP contribution in [0.15, 0.2) is 54.6 Å². The van der Waals surface area contributed by atoms with Crippen molar-refractivity contribution in [3.05, 3.63) is 65.7 Å². The molecule has 20 heavy (non-hydrogen) atoms. The van der Waals surface area contributed by atoms with Gasteiger partial charge in [-0.1, -0.05) is 48.5 Å². The summed E-state index contributed by atoms with van der Waals surface area (Å²) in [6.45, 7) is 0. The fourth-order valence-electron chi connectivity index (χ4n) is 2.35. The predicted octanol–water partition coefficient (Wildman–Crippen LogP) is 2.63. The number of anilines is 1. The zero-order chi connectivity index (χ0) is 14.1. The number of carbonyl (C=O) groups excluding carboxylic acids is 1. The molecule has 0 unspecified atom stereocenters. The fraction of sp³-hybridized carbons (Fsp3) is 0. The van der Waals surface area contributed by atoms with Crippen LogP contribution in [-0.2, 0) is 9.59 Å². The SMILES string of the molecule is O=C(O)/C(=C1/C(=O)Nc2ccccc21)c1ccccc1. The number of carboxylic acids is 1. The highest BCUT2D eigenvalue weighted by atomic mass is 16.4. The maximum Gasteiger partial charge on any atom is 0.337 e. The third-order valence-corrected chi connectivity index (χ3v) is 3.20. The van der Waals surface area contributed by atoms with Gasteiger partial charge in [0.2, 0.25) is 0 Å². The minimum absolute atomic E-state index is 0.0213. The van der Waals surface area contributed by atoms with Crippen LogP contribution in [-0.4, -0.2) is 17.0 Å². The van der Waals surface area contributed by atoms with Gasteiger partial charge in [-0.2, -0.15) is 0 Å². The molecule has 98 valence electrons. The van der Waals surface area contributed by atoms with E-state index in [-0.39, 0.29) is 17.1 Å². The molecule has 1 aliphatic rings. The van der Waals surface area contributed by atoms with Crippen LogP contribution in [0.2, 0.25) is 0 Å². The van der Waals surface area contributed by atoms with Gasteiger partial charge in [0.1, 0.15) is 0 Å². The van der Waals surface area contributed by atoms with Crippen molar-refractivity contribution in [3.63, 3.8) is 0 Å². The topological polar surface area (TPSA) is 66.4 Å². The van der Waals surface area contributed by atoms with Gasteiger partial charge in [-0.05, 0) is 11.6 Å². The lowest BCUT2D eigenvalue weighted by Gasteiger charge is -2.06. The van der Waals surface area contributed by atoms with Gasteiger partial charge in [-0.25, -0.2) is 4.79 Å². The number of carboxylic acid groups (broad SMARTS) is 1. The van der Waals surface area contributed by atoms with E-state index in [1.165, 1.54) is 0 Å². The normalized spacial score (nSPS) is 15.5. The Balaban J connectivity index is 2.30. The first-order valence-corrected chi connectivity index (χ1v) is 6.12. The van der Waals surface area contributed by atoms with Crippen molar-refractivity contribution in [3.8, 4) is 0 Å². The number of aliphatic carboxylic acids is 1. The van der Waals surface area contributed by atoms with Crippen molar-refractivity contribution >= 4 is 28.7 Å². The molecular formula is C16H11NO3. The van der Waals surface area contributed by atoms with E-state index in [0.717, 1.165) is 0 Å². The average Bonchev–Trinajstić information content (AvgIpc) is 2.77. The summed E-state index contributed by atoms with van der Waals surface area (Å²) in [6, 6.07) is 15.7. The molecule has 2 aromatic carbocycles. The molecule has 2 aromatic rings. The number of rotatable bonds is 2. The quantitative estimate of drug-likeness (QED) is 0.820. The third-order valence-electron chi connectivity index (χ3n) is 3.20. The van der Waals surface area contributed by atoms with Crippen LogP contribution in [0, 0.1) is 0 Å². The monoisotopic (exact) mass is 265 g/mol. The van der Waals surface area contributed by atoms with Crippen LogP contribution in [0.1, 0.15) is 11.1 Å². The highest BCUT2D eigenvalue weighted by molar-refractivity contribution is 6.44. The summed E-state index contributed by atoms with van der Waals surface area (Å²) in [5.74, 6) is -1.49. The molecule has 0 bridgehead atoms. The van der Waals surface area contributed by atoms with E-state index in [0.29, 0.717) is 16.8 Å². The van der Waals surface area contributed by atoms with Gasteiger partial charge in [0.15, 0.2) is 0 Å². The second kappa shape index (κ2) is 4.66. The summed E-state index contributed by atoms with van der Waals surface area (Å²) in [6.07, 6.45) is 0. The number of carbonyl (C=O) groups is 2. The van der Waals surface area contributed by atoms with Gasteiger partial charge >= 0.3 is 5.97 Å². The molecule has 0 atom stereocenters. The summed E-state index contributed by atoms with van der Waals surface area (Å²) in [4.78, 5) is 23.7. The number of fused-ring (bicyclic) bond motifs is 1. The maximum absolute atomic E-state index is 12.1. The van der Waals surface area contributed by atoms with Crippen molar-refractivity contribution < 1.29 is 14.7 Å².